The zero-order chi connectivity index (χ0) is 10.9. The van der Waals surface area contributed by atoms with Gasteiger partial charge in [0.05, 0.1) is 0 Å². The minimum atomic E-state index is -0.491. The molecule has 0 heterocycles. The number of aryl methyl sites for hydroxylation is 1. The van der Waals surface area contributed by atoms with Crippen LogP contribution in [-0.4, -0.2) is 11.4 Å². The summed E-state index contributed by atoms with van der Waals surface area (Å²) >= 11 is 0. The van der Waals surface area contributed by atoms with E-state index in [1.807, 2.05) is 31.2 Å². The Hall–Kier alpha value is -1.51. The lowest BCUT2D eigenvalue weighted by atomic mass is 9.76. The molecular weight excluding hydrogens is 188 g/mol. The van der Waals surface area contributed by atoms with Crippen LogP contribution in [0.2, 0.25) is 0 Å². The van der Waals surface area contributed by atoms with Gasteiger partial charge in [-0.3, -0.25) is 4.79 Å². The molecule has 1 fully saturated rings. The number of hydrogen-bond donors (Lipinski definition) is 2. The molecule has 15 heavy (non-hydrogen) atoms. The number of nitrogens with one attached hydrogen (secondary N) is 1. The first-order valence-corrected chi connectivity index (χ1v) is 5.27. The summed E-state index contributed by atoms with van der Waals surface area (Å²) in [7, 11) is 0. The molecular formula is C12H16N2O. The molecule has 3 N–H and O–H groups in total. The Bertz CT molecular complexity index is 366. The molecule has 0 aromatic heterocycles. The Labute approximate surface area is 89.7 Å². The third-order valence-corrected chi connectivity index (χ3v) is 3.11. The number of primary amides is 1. The zero-order valence-electron chi connectivity index (χ0n) is 8.92. The fraction of sp³-hybridized carbons (Fsp3) is 0.417. The highest BCUT2D eigenvalue weighted by molar-refractivity contribution is 5.89. The Morgan fingerprint density at radius 1 is 1.33 bits per heavy atom. The Morgan fingerprint density at radius 2 is 1.93 bits per heavy atom. The van der Waals surface area contributed by atoms with Gasteiger partial charge in [0.1, 0.15) is 5.54 Å². The van der Waals surface area contributed by atoms with Crippen molar-refractivity contribution in [2.24, 2.45) is 5.73 Å². The van der Waals surface area contributed by atoms with Crippen molar-refractivity contribution < 1.29 is 4.79 Å². The van der Waals surface area contributed by atoms with Gasteiger partial charge in [-0.15, -0.1) is 0 Å². The smallest absolute Gasteiger partial charge is 0.243 e. The molecule has 1 aromatic rings. The van der Waals surface area contributed by atoms with Crippen molar-refractivity contribution in [3.63, 3.8) is 0 Å². The van der Waals surface area contributed by atoms with Crippen LogP contribution in [0.15, 0.2) is 24.3 Å². The first-order valence-electron chi connectivity index (χ1n) is 5.27. The summed E-state index contributed by atoms with van der Waals surface area (Å²) in [6.07, 6.45) is 2.76. The normalized spacial score (nSPS) is 17.9. The van der Waals surface area contributed by atoms with Gasteiger partial charge in [0.25, 0.3) is 0 Å². The number of carbonyl (C=O) groups is 1. The van der Waals surface area contributed by atoms with Gasteiger partial charge in [-0.1, -0.05) is 17.7 Å². The van der Waals surface area contributed by atoms with Crippen molar-refractivity contribution in [1.82, 2.24) is 0 Å². The van der Waals surface area contributed by atoms with E-state index in [9.17, 15) is 4.79 Å². The highest BCUT2D eigenvalue weighted by Crippen LogP contribution is 2.35. The van der Waals surface area contributed by atoms with Crippen molar-refractivity contribution in [2.75, 3.05) is 5.32 Å². The number of hydrogen-bond acceptors (Lipinski definition) is 2. The first kappa shape index (κ1) is 10.0. The van der Waals surface area contributed by atoms with E-state index >= 15 is 0 Å². The van der Waals surface area contributed by atoms with E-state index in [1.54, 1.807) is 0 Å². The van der Waals surface area contributed by atoms with Crippen LogP contribution < -0.4 is 11.1 Å². The van der Waals surface area contributed by atoms with E-state index in [4.69, 9.17) is 5.73 Å². The molecule has 0 spiro atoms. The molecule has 80 valence electrons. The van der Waals surface area contributed by atoms with Crippen molar-refractivity contribution in [1.29, 1.82) is 0 Å². The maximum absolute atomic E-state index is 11.3. The second kappa shape index (κ2) is 3.57. The van der Waals surface area contributed by atoms with Gasteiger partial charge in [-0.2, -0.15) is 0 Å². The number of benzene rings is 1. The standard InChI is InChI=1S/C12H16N2O/c1-9-3-5-10(6-4-9)14-12(11(13)15)7-2-8-12/h3-6,14H,2,7-8H2,1H3,(H2,13,15). The largest absolute Gasteiger partial charge is 0.371 e. The van der Waals surface area contributed by atoms with Crippen LogP contribution in [-0.2, 0) is 4.79 Å². The molecule has 1 aliphatic rings. The molecule has 0 aliphatic heterocycles. The molecule has 1 aromatic carbocycles. The molecule has 0 saturated heterocycles. The van der Waals surface area contributed by atoms with Crippen LogP contribution in [0.3, 0.4) is 0 Å². The monoisotopic (exact) mass is 204 g/mol. The molecule has 0 unspecified atom stereocenters. The first-order chi connectivity index (χ1) is 7.12. The number of carbonyl (C=O) groups excluding carboxylic acids is 1. The lowest BCUT2D eigenvalue weighted by molar-refractivity contribution is -0.124. The Balaban J connectivity index is 2.13. The molecule has 3 heteroatoms. The van der Waals surface area contributed by atoms with Gasteiger partial charge in [0, 0.05) is 5.69 Å². The fourth-order valence-electron chi connectivity index (χ4n) is 1.88. The summed E-state index contributed by atoms with van der Waals surface area (Å²) in [6.45, 7) is 2.04. The van der Waals surface area contributed by atoms with Crippen LogP contribution in [0.1, 0.15) is 24.8 Å². The third-order valence-electron chi connectivity index (χ3n) is 3.11. The van der Waals surface area contributed by atoms with Gasteiger partial charge in [-0.05, 0) is 38.3 Å². The average Bonchev–Trinajstić information content (AvgIpc) is 2.13. The summed E-state index contributed by atoms with van der Waals surface area (Å²) in [4.78, 5) is 11.3. The van der Waals surface area contributed by atoms with Crippen LogP contribution >= 0.6 is 0 Å². The zero-order valence-corrected chi connectivity index (χ0v) is 8.92. The third kappa shape index (κ3) is 1.82. The summed E-state index contributed by atoms with van der Waals surface area (Å²) in [5.41, 5.74) is 7.10. The number of rotatable bonds is 3. The van der Waals surface area contributed by atoms with Crippen molar-refractivity contribution >= 4 is 11.6 Å². The SMILES string of the molecule is Cc1ccc(NC2(C(N)=O)CCC2)cc1. The Kier molecular flexibility index (Phi) is 2.39. The van der Waals surface area contributed by atoms with Crippen LogP contribution in [0.5, 0.6) is 0 Å². The molecule has 0 bridgehead atoms. The second-order valence-corrected chi connectivity index (χ2v) is 4.29. The topological polar surface area (TPSA) is 55.1 Å². The van der Waals surface area contributed by atoms with Gasteiger partial charge >= 0.3 is 0 Å². The lowest BCUT2D eigenvalue weighted by Crippen LogP contribution is -2.55. The van der Waals surface area contributed by atoms with Crippen LogP contribution in [0, 0.1) is 6.92 Å². The number of anilines is 1. The summed E-state index contributed by atoms with van der Waals surface area (Å²) in [5, 5.41) is 3.24. The molecule has 0 atom stereocenters. The summed E-state index contributed by atoms with van der Waals surface area (Å²) in [5.74, 6) is -0.241. The van der Waals surface area contributed by atoms with Crippen molar-refractivity contribution in [3.05, 3.63) is 29.8 Å². The van der Waals surface area contributed by atoms with E-state index < -0.39 is 5.54 Å². The van der Waals surface area contributed by atoms with Gasteiger partial charge in [-0.25, -0.2) is 0 Å². The predicted molar refractivity (Wildman–Crippen MR) is 60.6 cm³/mol. The highest BCUT2D eigenvalue weighted by Gasteiger charge is 2.42. The van der Waals surface area contributed by atoms with Crippen molar-refractivity contribution in [3.8, 4) is 0 Å². The van der Waals surface area contributed by atoms with E-state index in [0.29, 0.717) is 0 Å². The second-order valence-electron chi connectivity index (χ2n) is 4.29. The molecule has 0 radical (unpaired) electrons. The average molecular weight is 204 g/mol. The van der Waals surface area contributed by atoms with Gasteiger partial charge < -0.3 is 11.1 Å². The van der Waals surface area contributed by atoms with E-state index in [1.165, 1.54) is 5.56 Å². The maximum atomic E-state index is 11.3. The summed E-state index contributed by atoms with van der Waals surface area (Å²) in [6, 6.07) is 8.02. The minimum absolute atomic E-state index is 0.241. The van der Waals surface area contributed by atoms with Crippen LogP contribution in [0.4, 0.5) is 5.69 Å². The fourth-order valence-corrected chi connectivity index (χ4v) is 1.88. The van der Waals surface area contributed by atoms with Crippen LogP contribution in [0.25, 0.3) is 0 Å². The Morgan fingerprint density at radius 3 is 2.33 bits per heavy atom. The molecule has 3 nitrogen and oxygen atoms in total. The van der Waals surface area contributed by atoms with Crippen molar-refractivity contribution in [2.45, 2.75) is 31.7 Å². The maximum Gasteiger partial charge on any atom is 0.243 e. The molecule has 1 amide bonds. The minimum Gasteiger partial charge on any atom is -0.371 e. The number of nitrogens with two attached hydrogens (primary N) is 1. The van der Waals surface area contributed by atoms with Gasteiger partial charge in [0.2, 0.25) is 5.91 Å². The molecule has 1 aliphatic carbocycles. The van der Waals surface area contributed by atoms with E-state index in [2.05, 4.69) is 5.32 Å². The van der Waals surface area contributed by atoms with Gasteiger partial charge in [0.15, 0.2) is 0 Å². The van der Waals surface area contributed by atoms with E-state index in [0.717, 1.165) is 24.9 Å². The lowest BCUT2D eigenvalue weighted by Gasteiger charge is -2.40. The van der Waals surface area contributed by atoms with E-state index in [-0.39, 0.29) is 5.91 Å². The molecule has 2 rings (SSSR count). The number of amides is 1. The predicted octanol–water partition coefficient (Wildman–Crippen LogP) is 1.81. The highest BCUT2D eigenvalue weighted by atomic mass is 16.1. The molecule has 1 saturated carbocycles. The summed E-state index contributed by atoms with van der Waals surface area (Å²) < 4.78 is 0. The quantitative estimate of drug-likeness (QED) is 0.789.